The Morgan fingerprint density at radius 2 is 1.90 bits per heavy atom. The van der Waals surface area contributed by atoms with Crippen molar-refractivity contribution in [3.8, 4) is 5.75 Å². The summed E-state index contributed by atoms with van der Waals surface area (Å²) in [5.74, 6) is -0.451. The Bertz CT molecular complexity index is 510. The first-order valence-corrected chi connectivity index (χ1v) is 7.03. The largest absolute Gasteiger partial charge is 0.497 e. The third-order valence-corrected chi connectivity index (χ3v) is 3.42. The number of methoxy groups -OCH3 is 1. The fraction of sp³-hybridized carbons (Fsp3) is 0.467. The van der Waals surface area contributed by atoms with Crippen LogP contribution in [0, 0.1) is 0 Å². The summed E-state index contributed by atoms with van der Waals surface area (Å²) >= 11 is 0. The van der Waals surface area contributed by atoms with Gasteiger partial charge in [0.15, 0.2) is 0 Å². The lowest BCUT2D eigenvalue weighted by Crippen LogP contribution is -2.47. The van der Waals surface area contributed by atoms with E-state index in [-0.39, 0.29) is 6.42 Å². The highest BCUT2D eigenvalue weighted by Gasteiger charge is 2.23. The Kier molecular flexibility index (Phi) is 5.16. The molecule has 21 heavy (non-hydrogen) atoms. The molecule has 1 fully saturated rings. The number of rotatable bonds is 5. The zero-order valence-electron chi connectivity index (χ0n) is 12.4. The summed E-state index contributed by atoms with van der Waals surface area (Å²) in [6, 6.07) is 7.84. The number of hydrogen-bond donors (Lipinski definition) is 0. The number of hydroxylamine groups is 2. The number of hydrogen-bond acceptors (Lipinski definition) is 6. The van der Waals surface area contributed by atoms with Crippen LogP contribution >= 0.6 is 0 Å². The molecular weight excluding hydrogens is 272 g/mol. The minimum Gasteiger partial charge on any atom is -0.497 e. The molecule has 0 aliphatic carbocycles. The molecule has 1 aromatic rings. The maximum Gasteiger partial charge on any atom is 0.393 e. The topological polar surface area (TPSA) is 59.1 Å². The normalized spacial score (nSPS) is 15.6. The van der Waals surface area contributed by atoms with E-state index in [4.69, 9.17) is 9.57 Å². The highest BCUT2D eigenvalue weighted by atomic mass is 16.7. The van der Waals surface area contributed by atoms with Crippen LogP contribution in [0.25, 0.3) is 0 Å². The number of Topliss-reactive ketones (excluding diaryl/α,β-unsaturated/α-hetero) is 1. The van der Waals surface area contributed by atoms with Crippen molar-refractivity contribution in [3.63, 3.8) is 0 Å². The van der Waals surface area contributed by atoms with Crippen molar-refractivity contribution in [3.05, 3.63) is 24.3 Å². The van der Waals surface area contributed by atoms with Crippen LogP contribution < -0.4 is 9.64 Å². The Hall–Kier alpha value is -2.08. The molecule has 2 rings (SSSR count). The van der Waals surface area contributed by atoms with E-state index in [0.29, 0.717) is 13.1 Å². The molecule has 0 unspecified atom stereocenters. The van der Waals surface area contributed by atoms with E-state index in [1.165, 1.54) is 0 Å². The van der Waals surface area contributed by atoms with Crippen molar-refractivity contribution in [2.24, 2.45) is 0 Å². The number of piperazine rings is 1. The average Bonchev–Trinajstić information content (AvgIpc) is 2.54. The second-order valence-electron chi connectivity index (χ2n) is 4.77. The molecule has 1 aliphatic heterocycles. The van der Waals surface area contributed by atoms with Crippen LogP contribution in [0.1, 0.15) is 13.3 Å². The minimum absolute atomic E-state index is 0.169. The summed E-state index contributed by atoms with van der Waals surface area (Å²) in [7, 11) is 1.64. The van der Waals surface area contributed by atoms with Crippen molar-refractivity contribution in [2.45, 2.75) is 13.3 Å². The second kappa shape index (κ2) is 7.08. The zero-order valence-corrected chi connectivity index (χ0v) is 12.4. The van der Waals surface area contributed by atoms with E-state index in [0.717, 1.165) is 24.5 Å². The molecule has 6 heteroatoms. The van der Waals surface area contributed by atoms with Gasteiger partial charge < -0.3 is 14.5 Å². The van der Waals surface area contributed by atoms with E-state index in [1.54, 1.807) is 19.1 Å². The first kappa shape index (κ1) is 15.3. The first-order chi connectivity index (χ1) is 10.1. The predicted molar refractivity (Wildman–Crippen MR) is 78.2 cm³/mol. The fourth-order valence-electron chi connectivity index (χ4n) is 2.16. The minimum atomic E-state index is -0.771. The monoisotopic (exact) mass is 292 g/mol. The van der Waals surface area contributed by atoms with Gasteiger partial charge in [-0.3, -0.25) is 4.79 Å². The van der Waals surface area contributed by atoms with E-state index in [2.05, 4.69) is 4.90 Å². The highest BCUT2D eigenvalue weighted by molar-refractivity contribution is 6.33. The third-order valence-electron chi connectivity index (χ3n) is 3.42. The number of carbonyl (C=O) groups is 2. The van der Waals surface area contributed by atoms with Crippen molar-refractivity contribution in [2.75, 3.05) is 38.2 Å². The van der Waals surface area contributed by atoms with Crippen LogP contribution in [0.2, 0.25) is 0 Å². The highest BCUT2D eigenvalue weighted by Crippen LogP contribution is 2.22. The van der Waals surface area contributed by atoms with E-state index in [1.807, 2.05) is 24.3 Å². The molecule has 1 aliphatic rings. The molecule has 114 valence electrons. The predicted octanol–water partition coefficient (Wildman–Crippen LogP) is 1.25. The van der Waals surface area contributed by atoms with E-state index < -0.39 is 11.8 Å². The van der Waals surface area contributed by atoms with Gasteiger partial charge in [-0.25, -0.2) is 4.79 Å². The van der Waals surface area contributed by atoms with Crippen molar-refractivity contribution < 1.29 is 19.2 Å². The summed E-state index contributed by atoms with van der Waals surface area (Å²) in [6.45, 7) is 4.23. The molecule has 0 saturated carbocycles. The Labute approximate surface area is 124 Å². The van der Waals surface area contributed by atoms with Gasteiger partial charge in [-0.05, 0) is 12.1 Å². The standard InChI is InChI=1S/C15H20N2O4/c1-3-14(18)15(19)21-17-9-7-16(8-10-17)12-5-4-6-13(11-12)20-2/h4-6,11H,3,7-10H2,1-2H3. The van der Waals surface area contributed by atoms with Gasteiger partial charge in [0.05, 0.1) is 20.2 Å². The van der Waals surface area contributed by atoms with Crippen LogP contribution in [0.5, 0.6) is 5.75 Å². The first-order valence-electron chi connectivity index (χ1n) is 7.03. The molecule has 0 amide bonds. The Morgan fingerprint density at radius 1 is 1.19 bits per heavy atom. The quantitative estimate of drug-likeness (QED) is 0.761. The number of anilines is 1. The van der Waals surface area contributed by atoms with Crippen molar-refractivity contribution in [1.82, 2.24) is 5.06 Å². The number of nitrogens with zero attached hydrogens (tertiary/aromatic N) is 2. The van der Waals surface area contributed by atoms with Crippen LogP contribution in [-0.2, 0) is 14.4 Å². The summed E-state index contributed by atoms with van der Waals surface area (Å²) in [5.41, 5.74) is 1.07. The summed E-state index contributed by atoms with van der Waals surface area (Å²) in [6.07, 6.45) is 0.169. The van der Waals surface area contributed by atoms with Gasteiger partial charge in [0.1, 0.15) is 5.75 Å². The van der Waals surface area contributed by atoms with Gasteiger partial charge in [0.25, 0.3) is 0 Å². The van der Waals surface area contributed by atoms with Gasteiger partial charge in [0, 0.05) is 31.3 Å². The molecule has 0 bridgehead atoms. The van der Waals surface area contributed by atoms with E-state index >= 15 is 0 Å². The van der Waals surface area contributed by atoms with Gasteiger partial charge in [-0.15, -0.1) is 5.06 Å². The third kappa shape index (κ3) is 3.95. The fourth-order valence-corrected chi connectivity index (χ4v) is 2.16. The van der Waals surface area contributed by atoms with Crippen molar-refractivity contribution >= 4 is 17.4 Å². The molecule has 1 aromatic carbocycles. The summed E-state index contributed by atoms with van der Waals surface area (Å²) < 4.78 is 5.21. The van der Waals surface area contributed by atoms with Crippen LogP contribution in [0.4, 0.5) is 5.69 Å². The molecule has 0 N–H and O–H groups in total. The Morgan fingerprint density at radius 3 is 2.52 bits per heavy atom. The number of carbonyl (C=O) groups excluding carboxylic acids is 2. The van der Waals surface area contributed by atoms with Crippen molar-refractivity contribution in [1.29, 1.82) is 0 Å². The SMILES string of the molecule is CCC(=O)C(=O)ON1CCN(c2cccc(OC)c2)CC1. The van der Waals surface area contributed by atoms with Crippen LogP contribution in [0.3, 0.4) is 0 Å². The van der Waals surface area contributed by atoms with Gasteiger partial charge in [-0.1, -0.05) is 13.0 Å². The molecule has 0 spiro atoms. The smallest absolute Gasteiger partial charge is 0.393 e. The molecule has 0 aromatic heterocycles. The summed E-state index contributed by atoms with van der Waals surface area (Å²) in [5, 5.41) is 1.55. The lowest BCUT2D eigenvalue weighted by atomic mass is 10.2. The van der Waals surface area contributed by atoms with Gasteiger partial charge in [-0.2, -0.15) is 0 Å². The second-order valence-corrected chi connectivity index (χ2v) is 4.77. The Balaban J connectivity index is 1.88. The van der Waals surface area contributed by atoms with Gasteiger partial charge in [0.2, 0.25) is 5.78 Å². The van der Waals surface area contributed by atoms with Gasteiger partial charge >= 0.3 is 5.97 Å². The van der Waals surface area contributed by atoms with E-state index in [9.17, 15) is 9.59 Å². The number of ether oxygens (including phenoxy) is 1. The molecule has 1 saturated heterocycles. The number of ketones is 1. The average molecular weight is 292 g/mol. The molecule has 0 radical (unpaired) electrons. The maximum absolute atomic E-state index is 11.4. The lowest BCUT2D eigenvalue weighted by Gasteiger charge is -2.34. The maximum atomic E-state index is 11.4. The lowest BCUT2D eigenvalue weighted by molar-refractivity contribution is -0.193. The van der Waals surface area contributed by atoms with Crippen LogP contribution in [-0.4, -0.2) is 50.1 Å². The molecule has 1 heterocycles. The molecule has 0 atom stereocenters. The molecular formula is C15H20N2O4. The zero-order chi connectivity index (χ0) is 15.2. The number of benzene rings is 1. The summed E-state index contributed by atoms with van der Waals surface area (Å²) in [4.78, 5) is 29.9. The van der Waals surface area contributed by atoms with Crippen LogP contribution in [0.15, 0.2) is 24.3 Å². The molecule has 6 nitrogen and oxygen atoms in total.